The normalized spacial score (nSPS) is 11.1. The number of non-ortho nitro benzene ring substituents is 1. The number of aromatic hydroxyl groups is 2. The van der Waals surface area contributed by atoms with Crippen molar-refractivity contribution in [3.63, 3.8) is 0 Å². The zero-order chi connectivity index (χ0) is 20.0. The Hall–Kier alpha value is -2.06. The Morgan fingerprint density at radius 1 is 1.15 bits per heavy atom. The molecule has 146 valence electrons. The van der Waals surface area contributed by atoms with Crippen LogP contribution in [0.15, 0.2) is 30.3 Å². The molecular formula is C18H21Cl2N3O4. The largest absolute Gasteiger partial charge is 0.508 e. The number of halogens is 2. The van der Waals surface area contributed by atoms with Crippen molar-refractivity contribution in [2.75, 3.05) is 26.7 Å². The second kappa shape index (κ2) is 9.75. The summed E-state index contributed by atoms with van der Waals surface area (Å²) in [5.74, 6) is 0.0786. The van der Waals surface area contributed by atoms with Crippen molar-refractivity contribution >= 4 is 28.9 Å². The molecule has 27 heavy (non-hydrogen) atoms. The van der Waals surface area contributed by atoms with Crippen LogP contribution in [0.5, 0.6) is 11.5 Å². The first-order chi connectivity index (χ1) is 12.8. The fourth-order valence-corrected chi connectivity index (χ4v) is 3.15. The smallest absolute Gasteiger partial charge is 0.269 e. The molecule has 2 rings (SSSR count). The number of rotatable bonds is 9. The third-order valence-corrected chi connectivity index (χ3v) is 4.57. The Morgan fingerprint density at radius 2 is 1.89 bits per heavy atom. The standard InChI is InChI=1S/C18H21Cl2N3O4/c1-22(11-13-8-14(19)10-16(20)18(13)25)7-6-21-5-4-12-9-15(23(26)27)2-3-17(12)24/h2-3,8-10,21,24-25H,4-7,11H2,1H3. The molecule has 0 unspecified atom stereocenters. The van der Waals surface area contributed by atoms with E-state index in [-0.39, 0.29) is 22.2 Å². The molecular weight excluding hydrogens is 393 g/mol. The molecule has 0 aliphatic heterocycles. The first-order valence-electron chi connectivity index (χ1n) is 8.30. The molecule has 2 aromatic carbocycles. The van der Waals surface area contributed by atoms with Crippen molar-refractivity contribution < 1.29 is 15.1 Å². The van der Waals surface area contributed by atoms with Crippen LogP contribution >= 0.6 is 23.2 Å². The molecule has 0 aliphatic rings. The fraction of sp³-hybridized carbons (Fsp3) is 0.333. The minimum atomic E-state index is -0.483. The molecule has 0 spiro atoms. The van der Waals surface area contributed by atoms with Crippen molar-refractivity contribution in [2.45, 2.75) is 13.0 Å². The van der Waals surface area contributed by atoms with Crippen LogP contribution in [0.25, 0.3) is 0 Å². The number of phenolic OH excluding ortho intramolecular Hbond substituents is 2. The van der Waals surface area contributed by atoms with Gasteiger partial charge in [-0.25, -0.2) is 0 Å². The highest BCUT2D eigenvalue weighted by Gasteiger charge is 2.11. The maximum Gasteiger partial charge on any atom is 0.269 e. The molecule has 0 radical (unpaired) electrons. The first-order valence-corrected chi connectivity index (χ1v) is 9.06. The summed E-state index contributed by atoms with van der Waals surface area (Å²) in [6.07, 6.45) is 0.474. The van der Waals surface area contributed by atoms with Crippen molar-refractivity contribution in [3.05, 3.63) is 61.6 Å². The summed E-state index contributed by atoms with van der Waals surface area (Å²) in [6, 6.07) is 7.17. The molecule has 0 amide bonds. The zero-order valence-electron chi connectivity index (χ0n) is 14.8. The van der Waals surface area contributed by atoms with Gasteiger partial charge in [0.25, 0.3) is 5.69 Å². The topological polar surface area (TPSA) is 98.9 Å². The van der Waals surface area contributed by atoms with Crippen LogP contribution in [-0.2, 0) is 13.0 Å². The molecule has 0 bridgehead atoms. The quantitative estimate of drug-likeness (QED) is 0.330. The molecule has 9 heteroatoms. The molecule has 0 aromatic heterocycles. The molecule has 0 heterocycles. The number of benzene rings is 2. The van der Waals surface area contributed by atoms with E-state index < -0.39 is 4.92 Å². The minimum Gasteiger partial charge on any atom is -0.508 e. The van der Waals surface area contributed by atoms with Gasteiger partial charge in [0.05, 0.1) is 9.95 Å². The first kappa shape index (κ1) is 21.2. The van der Waals surface area contributed by atoms with Crippen LogP contribution < -0.4 is 5.32 Å². The number of likely N-dealkylation sites (N-methyl/N-ethyl adjacent to an activating group) is 1. The average molecular weight is 414 g/mol. The molecule has 0 aliphatic carbocycles. The van der Waals surface area contributed by atoms with Gasteiger partial charge >= 0.3 is 0 Å². The SMILES string of the molecule is CN(CCNCCc1cc([N+](=O)[O-])ccc1O)Cc1cc(Cl)cc(Cl)c1O. The third-order valence-electron chi connectivity index (χ3n) is 4.06. The van der Waals surface area contributed by atoms with E-state index in [4.69, 9.17) is 23.2 Å². The number of hydrogen-bond acceptors (Lipinski definition) is 6. The average Bonchev–Trinajstić information content (AvgIpc) is 2.60. The van der Waals surface area contributed by atoms with E-state index in [2.05, 4.69) is 5.32 Å². The summed E-state index contributed by atoms with van der Waals surface area (Å²) in [5.41, 5.74) is 1.14. The Kier molecular flexibility index (Phi) is 7.67. The van der Waals surface area contributed by atoms with Gasteiger partial charge in [0.15, 0.2) is 0 Å². The summed E-state index contributed by atoms with van der Waals surface area (Å²) in [6.45, 7) is 2.42. The van der Waals surface area contributed by atoms with E-state index in [9.17, 15) is 20.3 Å². The van der Waals surface area contributed by atoms with E-state index in [1.807, 2.05) is 11.9 Å². The molecule has 0 saturated carbocycles. The van der Waals surface area contributed by atoms with Crippen molar-refractivity contribution in [2.24, 2.45) is 0 Å². The lowest BCUT2D eigenvalue weighted by molar-refractivity contribution is -0.384. The van der Waals surface area contributed by atoms with Gasteiger partial charge in [0, 0.05) is 47.9 Å². The summed E-state index contributed by atoms with van der Waals surface area (Å²) in [5, 5.41) is 34.5. The van der Waals surface area contributed by atoms with Crippen molar-refractivity contribution in [1.82, 2.24) is 10.2 Å². The molecule has 3 N–H and O–H groups in total. The zero-order valence-corrected chi connectivity index (χ0v) is 16.3. The van der Waals surface area contributed by atoms with E-state index in [0.29, 0.717) is 48.7 Å². The Bertz CT molecular complexity index is 817. The summed E-state index contributed by atoms with van der Waals surface area (Å²) in [4.78, 5) is 12.3. The lowest BCUT2D eigenvalue weighted by Gasteiger charge is -2.18. The predicted octanol–water partition coefficient (Wildman–Crippen LogP) is 3.58. The van der Waals surface area contributed by atoms with Gasteiger partial charge in [-0.1, -0.05) is 23.2 Å². The van der Waals surface area contributed by atoms with Gasteiger partial charge in [-0.15, -0.1) is 0 Å². The maximum absolute atomic E-state index is 10.8. The number of nitrogens with one attached hydrogen (secondary N) is 1. The summed E-state index contributed by atoms with van der Waals surface area (Å²) in [7, 11) is 1.91. The van der Waals surface area contributed by atoms with E-state index in [1.54, 1.807) is 6.07 Å². The van der Waals surface area contributed by atoms with Gasteiger partial charge in [-0.2, -0.15) is 0 Å². The number of hydrogen-bond donors (Lipinski definition) is 3. The highest BCUT2D eigenvalue weighted by atomic mass is 35.5. The fourth-order valence-electron chi connectivity index (χ4n) is 2.61. The van der Waals surface area contributed by atoms with E-state index in [1.165, 1.54) is 24.3 Å². The van der Waals surface area contributed by atoms with Gasteiger partial charge in [-0.3, -0.25) is 10.1 Å². The van der Waals surface area contributed by atoms with E-state index in [0.717, 1.165) is 0 Å². The number of nitrogens with zero attached hydrogens (tertiary/aromatic N) is 2. The van der Waals surface area contributed by atoms with Gasteiger partial charge in [0.2, 0.25) is 0 Å². The third kappa shape index (κ3) is 6.25. The Morgan fingerprint density at radius 3 is 2.59 bits per heavy atom. The Labute approximate surface area is 167 Å². The van der Waals surface area contributed by atoms with Crippen LogP contribution in [0, 0.1) is 10.1 Å². The van der Waals surface area contributed by atoms with Gasteiger partial charge in [0.1, 0.15) is 11.5 Å². The minimum absolute atomic E-state index is 0.0297. The molecule has 0 saturated heterocycles. The lowest BCUT2D eigenvalue weighted by atomic mass is 10.1. The van der Waals surface area contributed by atoms with Gasteiger partial charge in [-0.05, 0) is 38.2 Å². The van der Waals surface area contributed by atoms with Crippen LogP contribution in [0.4, 0.5) is 5.69 Å². The van der Waals surface area contributed by atoms with Crippen LogP contribution in [-0.4, -0.2) is 46.7 Å². The monoisotopic (exact) mass is 413 g/mol. The van der Waals surface area contributed by atoms with Gasteiger partial charge < -0.3 is 20.4 Å². The van der Waals surface area contributed by atoms with Crippen LogP contribution in [0.3, 0.4) is 0 Å². The van der Waals surface area contributed by atoms with E-state index >= 15 is 0 Å². The predicted molar refractivity (Wildman–Crippen MR) is 106 cm³/mol. The molecule has 0 fully saturated rings. The van der Waals surface area contributed by atoms with Crippen LogP contribution in [0.1, 0.15) is 11.1 Å². The second-order valence-electron chi connectivity index (χ2n) is 6.20. The number of nitro benzene ring substituents is 1. The molecule has 0 atom stereocenters. The highest BCUT2D eigenvalue weighted by Crippen LogP contribution is 2.31. The lowest BCUT2D eigenvalue weighted by Crippen LogP contribution is -2.30. The van der Waals surface area contributed by atoms with Crippen LogP contribution in [0.2, 0.25) is 10.0 Å². The number of nitro groups is 1. The maximum atomic E-state index is 10.8. The Balaban J connectivity index is 1.77. The summed E-state index contributed by atoms with van der Waals surface area (Å²) >= 11 is 11.9. The number of phenols is 2. The molecule has 2 aromatic rings. The van der Waals surface area contributed by atoms with Crippen molar-refractivity contribution in [1.29, 1.82) is 0 Å². The highest BCUT2D eigenvalue weighted by molar-refractivity contribution is 6.35. The van der Waals surface area contributed by atoms with Crippen molar-refractivity contribution in [3.8, 4) is 11.5 Å². The summed E-state index contributed by atoms with van der Waals surface area (Å²) < 4.78 is 0. The molecule has 7 nitrogen and oxygen atoms in total. The second-order valence-corrected chi connectivity index (χ2v) is 7.05.